The maximum atomic E-state index is 13.8. The van der Waals surface area contributed by atoms with Gasteiger partial charge in [-0.1, -0.05) is 62.3 Å². The van der Waals surface area contributed by atoms with Crippen molar-refractivity contribution in [2.45, 2.75) is 149 Å². The fraction of sp³-hybridized carbons (Fsp3) is 0.917. The Bertz CT molecular complexity index is 1090. The van der Waals surface area contributed by atoms with Gasteiger partial charge in [-0.25, -0.2) is 0 Å². The van der Waals surface area contributed by atoms with Crippen molar-refractivity contribution in [1.82, 2.24) is 0 Å². The van der Waals surface area contributed by atoms with Gasteiger partial charge in [-0.3, -0.25) is 4.79 Å². The van der Waals surface area contributed by atoms with Crippen LogP contribution >= 0.6 is 0 Å². The van der Waals surface area contributed by atoms with Crippen molar-refractivity contribution in [3.05, 3.63) is 11.3 Å². The van der Waals surface area contributed by atoms with Crippen molar-refractivity contribution in [3.8, 4) is 0 Å². The maximum absolute atomic E-state index is 13.8. The summed E-state index contributed by atoms with van der Waals surface area (Å²) < 4.78 is 21.1. The first-order valence-electron chi connectivity index (χ1n) is 17.8. The number of hydrogen-bond donors (Lipinski definition) is 0. The van der Waals surface area contributed by atoms with Crippen LogP contribution in [-0.2, 0) is 18.4 Å². The van der Waals surface area contributed by atoms with E-state index in [9.17, 15) is 4.79 Å². The van der Waals surface area contributed by atoms with Crippen LogP contribution < -0.4 is 0 Å². The number of carbonyl (C=O) groups is 1. The average Bonchev–Trinajstić information content (AvgIpc) is 3.79. The molecule has 0 aromatic rings. The van der Waals surface area contributed by atoms with Crippen LogP contribution in [0, 0.1) is 52.8 Å². The lowest BCUT2D eigenvalue weighted by Gasteiger charge is -2.61. The quantitative estimate of drug-likeness (QED) is 0.192. The van der Waals surface area contributed by atoms with Gasteiger partial charge in [-0.2, -0.15) is 0 Å². The van der Waals surface area contributed by atoms with Crippen LogP contribution in [-0.4, -0.2) is 35.3 Å². The SMILES string of the molecule is CCOC(=O)[C@H]1CCC(O[Si](C)(C)C(C)(C)C)=C2C[C@H]3[C@H](O[Si](C(C)C)(C(C)C)C(C)C)[C@H]([C@H]21)[C@@H]1[C@H]2C[C@H]2[C@H]3C12CC2. The van der Waals surface area contributed by atoms with E-state index >= 15 is 0 Å². The minimum atomic E-state index is -2.10. The normalized spacial score (nSPS) is 38.2. The monoisotopic (exact) mass is 614 g/mol. The molecule has 42 heavy (non-hydrogen) atoms. The van der Waals surface area contributed by atoms with Crippen molar-refractivity contribution in [3.63, 3.8) is 0 Å². The zero-order valence-corrected chi connectivity index (χ0v) is 31.0. The van der Waals surface area contributed by atoms with E-state index in [0.717, 1.165) is 42.9 Å². The number of ether oxygens (including phenoxy) is 1. The molecule has 0 aromatic heterocycles. The summed E-state index contributed by atoms with van der Waals surface area (Å²) in [6, 6.07) is 0. The molecule has 6 aliphatic rings. The summed E-state index contributed by atoms with van der Waals surface area (Å²) in [5.41, 5.74) is 3.78. The van der Waals surface area contributed by atoms with Crippen LogP contribution in [0.2, 0.25) is 34.8 Å². The Hall–Kier alpha value is -0.596. The third-order valence-electron chi connectivity index (χ3n) is 14.2. The van der Waals surface area contributed by atoms with Crippen LogP contribution in [0.3, 0.4) is 0 Å². The zero-order chi connectivity index (χ0) is 30.7. The molecule has 0 unspecified atom stereocenters. The van der Waals surface area contributed by atoms with E-state index in [4.69, 9.17) is 13.6 Å². The smallest absolute Gasteiger partial charge is 0.309 e. The Morgan fingerprint density at radius 3 is 2.07 bits per heavy atom. The van der Waals surface area contributed by atoms with E-state index in [0.29, 0.717) is 40.5 Å². The molecule has 6 heteroatoms. The molecule has 0 amide bonds. The lowest BCUT2D eigenvalue weighted by Crippen LogP contribution is -2.62. The number of hydrogen-bond acceptors (Lipinski definition) is 4. The highest BCUT2D eigenvalue weighted by atomic mass is 28.4. The van der Waals surface area contributed by atoms with Crippen molar-refractivity contribution in [2.24, 2.45) is 52.8 Å². The highest BCUT2D eigenvalue weighted by molar-refractivity contribution is 6.77. The van der Waals surface area contributed by atoms with Crippen LogP contribution in [0.4, 0.5) is 0 Å². The minimum Gasteiger partial charge on any atom is -0.547 e. The highest BCUT2D eigenvalue weighted by Gasteiger charge is 2.80. The van der Waals surface area contributed by atoms with Crippen LogP contribution in [0.15, 0.2) is 11.3 Å². The van der Waals surface area contributed by atoms with Gasteiger partial charge in [0.2, 0.25) is 16.6 Å². The van der Waals surface area contributed by atoms with Gasteiger partial charge in [0.15, 0.2) is 0 Å². The number of allylic oxidation sites excluding steroid dienone is 2. The first kappa shape index (κ1) is 31.4. The lowest BCUT2D eigenvalue weighted by atomic mass is 9.48. The number of carbonyl (C=O) groups excluding carboxylic acids is 1. The topological polar surface area (TPSA) is 44.8 Å². The molecule has 6 rings (SSSR count). The lowest BCUT2D eigenvalue weighted by molar-refractivity contribution is -0.159. The third-order valence-corrected chi connectivity index (χ3v) is 24.7. The van der Waals surface area contributed by atoms with E-state index in [1.807, 2.05) is 6.92 Å². The summed E-state index contributed by atoms with van der Waals surface area (Å²) in [7, 11) is -4.11. The molecule has 238 valence electrons. The summed E-state index contributed by atoms with van der Waals surface area (Å²) >= 11 is 0. The van der Waals surface area contributed by atoms with Gasteiger partial charge in [-0.05, 0) is 120 Å². The zero-order valence-electron chi connectivity index (χ0n) is 29.0. The standard InChI is InChI=1S/C36H62O4Si2/c1-13-38-34(37)23-14-15-28(39-41(11,12)35(8,9)10)26-19-27-31-24-18-25(24)32(36(31)16-17-36)30(29(23)26)33(27)40-42(20(2)3,21(4)5)22(6)7/h20-25,27,29-33H,13-19H2,1-12H3/t23-,24+,25-,27+,29-,30+,31+,32-,33-/m0/s1. The minimum absolute atomic E-state index is 0.0426. The summed E-state index contributed by atoms with van der Waals surface area (Å²) in [6.45, 7) is 28.9. The van der Waals surface area contributed by atoms with E-state index in [-0.39, 0.29) is 28.9 Å². The number of rotatable bonds is 9. The molecule has 0 heterocycles. The van der Waals surface area contributed by atoms with Crippen molar-refractivity contribution in [2.75, 3.05) is 6.61 Å². The Labute approximate surface area is 259 Å². The molecule has 5 saturated carbocycles. The third kappa shape index (κ3) is 4.36. The summed E-state index contributed by atoms with van der Waals surface area (Å²) in [4.78, 5) is 13.8. The fourth-order valence-corrected chi connectivity index (χ4v) is 18.5. The second kappa shape index (κ2) is 10.2. The van der Waals surface area contributed by atoms with Crippen LogP contribution in [0.25, 0.3) is 0 Å². The fourth-order valence-electron chi connectivity index (χ4n) is 11.7. The van der Waals surface area contributed by atoms with Crippen molar-refractivity contribution >= 4 is 22.6 Å². The molecule has 9 atom stereocenters. The second-order valence-electron chi connectivity index (χ2n) is 17.9. The Morgan fingerprint density at radius 1 is 0.952 bits per heavy atom. The summed E-state index contributed by atoms with van der Waals surface area (Å²) in [5, 5.41) is 0.153. The van der Waals surface area contributed by atoms with Crippen molar-refractivity contribution in [1.29, 1.82) is 0 Å². The van der Waals surface area contributed by atoms with Crippen molar-refractivity contribution < 1.29 is 18.4 Å². The van der Waals surface area contributed by atoms with Gasteiger partial charge < -0.3 is 13.6 Å². The predicted octanol–water partition coefficient (Wildman–Crippen LogP) is 9.72. The van der Waals surface area contributed by atoms with E-state index < -0.39 is 16.6 Å². The molecular formula is C36H62O4Si2. The van der Waals surface area contributed by atoms with E-state index in [1.54, 1.807) is 0 Å². The number of fused-ring (bicyclic) bond motifs is 9. The Balaban J connectivity index is 1.50. The van der Waals surface area contributed by atoms with Gasteiger partial charge in [0.05, 0.1) is 24.4 Å². The largest absolute Gasteiger partial charge is 0.547 e. The average molecular weight is 615 g/mol. The van der Waals surface area contributed by atoms with Gasteiger partial charge in [0, 0.05) is 12.3 Å². The second-order valence-corrected chi connectivity index (χ2v) is 28.1. The molecule has 0 aliphatic heterocycles. The molecule has 1 spiro atoms. The Kier molecular flexibility index (Phi) is 7.63. The molecule has 5 fully saturated rings. The highest BCUT2D eigenvalue weighted by Crippen LogP contribution is 2.84. The van der Waals surface area contributed by atoms with Gasteiger partial charge in [0.25, 0.3) is 0 Å². The first-order chi connectivity index (χ1) is 19.5. The molecule has 6 aliphatic carbocycles. The van der Waals surface area contributed by atoms with Crippen LogP contribution in [0.5, 0.6) is 0 Å². The Morgan fingerprint density at radius 2 is 1.55 bits per heavy atom. The van der Waals surface area contributed by atoms with E-state index in [2.05, 4.69) is 75.4 Å². The molecule has 0 N–H and O–H groups in total. The van der Waals surface area contributed by atoms with E-state index in [1.165, 1.54) is 30.6 Å². The van der Waals surface area contributed by atoms with Crippen LogP contribution in [0.1, 0.15) is 108 Å². The molecule has 0 aromatic carbocycles. The molecular weight excluding hydrogens is 553 g/mol. The van der Waals surface area contributed by atoms with Gasteiger partial charge in [0.1, 0.15) is 0 Å². The molecule has 0 saturated heterocycles. The summed E-state index contributed by atoms with van der Waals surface area (Å²) in [5.74, 6) is 5.81. The predicted molar refractivity (Wildman–Crippen MR) is 176 cm³/mol. The molecule has 0 radical (unpaired) electrons. The number of esters is 1. The first-order valence-corrected chi connectivity index (χ1v) is 22.8. The van der Waals surface area contributed by atoms with Gasteiger partial charge >= 0.3 is 5.97 Å². The summed E-state index contributed by atoms with van der Waals surface area (Å²) in [6.07, 6.45) is 7.40. The molecule has 4 nitrogen and oxygen atoms in total. The van der Waals surface area contributed by atoms with Gasteiger partial charge in [-0.15, -0.1) is 0 Å². The molecule has 4 bridgehead atoms. The maximum Gasteiger partial charge on any atom is 0.309 e.